The monoisotopic (exact) mass is 440 g/mol. The van der Waals surface area contributed by atoms with Gasteiger partial charge >= 0.3 is 17.9 Å². The summed E-state index contributed by atoms with van der Waals surface area (Å²) < 4.78 is 22.2. The zero-order valence-electron chi connectivity index (χ0n) is 17.3. The molecule has 1 unspecified atom stereocenters. The first-order chi connectivity index (χ1) is 14.3. The topological polar surface area (TPSA) is 169 Å². The maximum absolute atomic E-state index is 13.4. The van der Waals surface area contributed by atoms with E-state index in [1.54, 1.807) is 20.8 Å². The van der Waals surface area contributed by atoms with Crippen LogP contribution in [0.25, 0.3) is 0 Å². The molecule has 31 heavy (non-hydrogen) atoms. The van der Waals surface area contributed by atoms with E-state index >= 15 is 0 Å². The molecule has 6 fully saturated rings. The maximum Gasteiger partial charge on any atom is 0.343 e. The number of carbonyl (C=O) groups is 3. The van der Waals surface area contributed by atoms with Crippen LogP contribution in [0, 0.1) is 28.1 Å². The van der Waals surface area contributed by atoms with Crippen molar-refractivity contribution in [3.05, 3.63) is 0 Å². The summed E-state index contributed by atoms with van der Waals surface area (Å²) in [5.74, 6) is -5.22. The summed E-state index contributed by atoms with van der Waals surface area (Å²) >= 11 is 0. The first kappa shape index (κ1) is 19.9. The van der Waals surface area contributed by atoms with Gasteiger partial charge in [-0.2, -0.15) is 0 Å². The van der Waals surface area contributed by atoms with Crippen molar-refractivity contribution in [2.45, 2.75) is 75.7 Å². The molecule has 4 N–H and O–H groups in total. The fraction of sp³-hybridized carbons (Fsp3) is 0.850. The highest BCUT2D eigenvalue weighted by Crippen LogP contribution is 2.84. The molecule has 12 atom stereocenters. The van der Waals surface area contributed by atoms with Crippen LogP contribution in [0.2, 0.25) is 0 Å². The van der Waals surface area contributed by atoms with E-state index in [1.807, 2.05) is 0 Å². The summed E-state index contributed by atoms with van der Waals surface area (Å²) in [6.45, 7) is 6.63. The van der Waals surface area contributed by atoms with Gasteiger partial charge in [-0.05, 0) is 12.3 Å². The summed E-state index contributed by atoms with van der Waals surface area (Å²) in [5.41, 5.74) is -9.40. The van der Waals surface area contributed by atoms with E-state index in [2.05, 4.69) is 0 Å². The summed E-state index contributed by atoms with van der Waals surface area (Å²) in [7, 11) is 0. The lowest BCUT2D eigenvalue weighted by atomic mass is 9.51. The molecule has 2 spiro atoms. The van der Waals surface area contributed by atoms with Crippen molar-refractivity contribution in [3.8, 4) is 0 Å². The van der Waals surface area contributed by atoms with Gasteiger partial charge in [0.1, 0.15) is 12.2 Å². The van der Waals surface area contributed by atoms with Gasteiger partial charge in [0.2, 0.25) is 11.9 Å². The van der Waals surface area contributed by atoms with Gasteiger partial charge in [-0.3, -0.25) is 4.79 Å². The van der Waals surface area contributed by atoms with E-state index < -0.39 is 94.0 Å². The number of hydrogen-bond acceptors (Lipinski definition) is 11. The number of hydrogen-bond donors (Lipinski definition) is 4. The third-order valence-corrected chi connectivity index (χ3v) is 8.95. The van der Waals surface area contributed by atoms with Crippen molar-refractivity contribution in [3.63, 3.8) is 0 Å². The number of esters is 3. The minimum atomic E-state index is -2.40. The van der Waals surface area contributed by atoms with Crippen molar-refractivity contribution in [1.82, 2.24) is 0 Å². The molecule has 11 nitrogen and oxygen atoms in total. The molecule has 170 valence electrons. The Morgan fingerprint density at radius 1 is 0.935 bits per heavy atom. The molecule has 4 aliphatic heterocycles. The lowest BCUT2D eigenvalue weighted by Crippen LogP contribution is -2.67. The smallest absolute Gasteiger partial charge is 0.343 e. The van der Waals surface area contributed by atoms with Crippen LogP contribution in [-0.2, 0) is 33.3 Å². The van der Waals surface area contributed by atoms with Crippen molar-refractivity contribution in [2.75, 3.05) is 0 Å². The van der Waals surface area contributed by atoms with Gasteiger partial charge in [0.25, 0.3) is 0 Å². The standard InChI is InChI=1S/C20H24O11/c1-5-12(24)28-11-8(22)18-10-6(21)7(16(2,3)4)17(18)9(23)13(25)30-15(17)31-20(18,14(26)29-10)19(5,11)27/h5-11,15,21-23,27H,1-4H3/t5-,6+,7+,8+,9+,10+,11-,15+,17-,18?,19+,20-/m1/s1. The molecule has 6 rings (SSSR count). The number of aliphatic hydroxyl groups excluding tert-OH is 3. The van der Waals surface area contributed by atoms with Crippen LogP contribution in [0.3, 0.4) is 0 Å². The van der Waals surface area contributed by atoms with E-state index in [-0.39, 0.29) is 0 Å². The summed E-state index contributed by atoms with van der Waals surface area (Å²) in [4.78, 5) is 38.3. The molecule has 2 saturated carbocycles. The van der Waals surface area contributed by atoms with Crippen LogP contribution >= 0.6 is 0 Å². The number of ether oxygens (including phenoxy) is 4. The van der Waals surface area contributed by atoms with Crippen LogP contribution in [0.4, 0.5) is 0 Å². The average Bonchev–Trinajstić information content (AvgIpc) is 3.35. The number of rotatable bonds is 0. The Labute approximate surface area is 176 Å². The number of carbonyl (C=O) groups excluding carboxylic acids is 3. The predicted octanol–water partition coefficient (Wildman–Crippen LogP) is -2.40. The molecule has 0 radical (unpaired) electrons. The lowest BCUT2D eigenvalue weighted by Gasteiger charge is -2.47. The molecule has 0 aromatic heterocycles. The molecule has 0 aromatic carbocycles. The zero-order chi connectivity index (χ0) is 22.7. The predicted molar refractivity (Wildman–Crippen MR) is 93.4 cm³/mol. The zero-order valence-corrected chi connectivity index (χ0v) is 17.3. The van der Waals surface area contributed by atoms with Crippen molar-refractivity contribution < 1.29 is 53.8 Å². The number of aliphatic hydroxyl groups is 4. The molecule has 0 aromatic rings. The first-order valence-electron chi connectivity index (χ1n) is 10.3. The lowest BCUT2D eigenvalue weighted by molar-refractivity contribution is -0.240. The highest BCUT2D eigenvalue weighted by molar-refractivity contribution is 5.94. The van der Waals surface area contributed by atoms with E-state index in [1.165, 1.54) is 6.92 Å². The van der Waals surface area contributed by atoms with Crippen LogP contribution < -0.4 is 0 Å². The van der Waals surface area contributed by atoms with Crippen LogP contribution in [-0.4, -0.2) is 86.3 Å². The SMILES string of the molecule is C[C@@H]1C(=O)O[C@@H]2[C@H](O)C34[C@H]5OC(=O)[C@]3(O[C@@H]3OC(=O)[C@H](O)[C@]34[C@H](C(C)(C)C)[C@@H]5O)[C@]12O. The van der Waals surface area contributed by atoms with Crippen molar-refractivity contribution in [1.29, 1.82) is 0 Å². The highest BCUT2D eigenvalue weighted by Gasteiger charge is 3.05. The van der Waals surface area contributed by atoms with Gasteiger partial charge < -0.3 is 39.4 Å². The molecular weight excluding hydrogens is 416 g/mol. The molecule has 4 heterocycles. The van der Waals surface area contributed by atoms with Crippen LogP contribution in [0.5, 0.6) is 0 Å². The second-order valence-corrected chi connectivity index (χ2v) is 10.8. The summed E-state index contributed by atoms with van der Waals surface area (Å²) in [6, 6.07) is 0. The molecule has 0 bridgehead atoms. The third-order valence-electron chi connectivity index (χ3n) is 8.95. The molecule has 6 aliphatic rings. The number of fused-ring (bicyclic) bond motifs is 1. The van der Waals surface area contributed by atoms with Gasteiger partial charge in [0.15, 0.2) is 17.8 Å². The van der Waals surface area contributed by atoms with Crippen LogP contribution in [0.1, 0.15) is 27.7 Å². The Balaban J connectivity index is 1.75. The van der Waals surface area contributed by atoms with E-state index in [0.717, 1.165) is 0 Å². The molecule has 4 saturated heterocycles. The third kappa shape index (κ3) is 1.43. The summed E-state index contributed by atoms with van der Waals surface area (Å²) in [6.07, 6.45) is -9.69. The first-order valence-corrected chi connectivity index (χ1v) is 10.3. The molecule has 2 aliphatic carbocycles. The van der Waals surface area contributed by atoms with Gasteiger partial charge in [0, 0.05) is 5.92 Å². The minimum Gasteiger partial charge on any atom is -0.456 e. The quantitative estimate of drug-likeness (QED) is 0.234. The van der Waals surface area contributed by atoms with E-state index in [4.69, 9.17) is 18.9 Å². The fourth-order valence-corrected chi connectivity index (χ4v) is 8.27. The van der Waals surface area contributed by atoms with Gasteiger partial charge in [-0.15, -0.1) is 0 Å². The van der Waals surface area contributed by atoms with E-state index in [9.17, 15) is 34.8 Å². The fourth-order valence-electron chi connectivity index (χ4n) is 8.27. The van der Waals surface area contributed by atoms with Crippen molar-refractivity contribution >= 4 is 17.9 Å². The molecular formula is C20H24O11. The Morgan fingerprint density at radius 3 is 2.19 bits per heavy atom. The minimum absolute atomic E-state index is 0.792. The second kappa shape index (κ2) is 4.91. The second-order valence-electron chi connectivity index (χ2n) is 10.8. The Bertz CT molecular complexity index is 957. The Kier molecular flexibility index (Phi) is 3.15. The van der Waals surface area contributed by atoms with Crippen molar-refractivity contribution in [2.24, 2.45) is 28.1 Å². The highest BCUT2D eigenvalue weighted by atomic mass is 16.8. The van der Waals surface area contributed by atoms with Gasteiger partial charge in [-0.1, -0.05) is 20.8 Å². The van der Waals surface area contributed by atoms with Crippen LogP contribution in [0.15, 0.2) is 0 Å². The molecule has 11 heteroatoms. The van der Waals surface area contributed by atoms with E-state index in [0.29, 0.717) is 0 Å². The normalized spacial score (nSPS) is 61.0. The largest absolute Gasteiger partial charge is 0.456 e. The summed E-state index contributed by atoms with van der Waals surface area (Å²) in [5, 5.41) is 46.1. The van der Waals surface area contributed by atoms with Gasteiger partial charge in [0.05, 0.1) is 22.9 Å². The van der Waals surface area contributed by atoms with Gasteiger partial charge in [-0.25, -0.2) is 9.59 Å². The molecule has 0 amide bonds. The maximum atomic E-state index is 13.4. The Hall–Kier alpha value is -1.79. The Morgan fingerprint density at radius 2 is 1.58 bits per heavy atom. The average molecular weight is 440 g/mol.